The minimum absolute atomic E-state index is 0.679. The van der Waals surface area contributed by atoms with E-state index >= 15 is 0 Å². The molecule has 0 spiro atoms. The predicted octanol–water partition coefficient (Wildman–Crippen LogP) is 3.44. The maximum absolute atomic E-state index is 5.28. The van der Waals surface area contributed by atoms with Gasteiger partial charge in [-0.3, -0.25) is 0 Å². The lowest BCUT2D eigenvalue weighted by molar-refractivity contribution is 0.542. The summed E-state index contributed by atoms with van der Waals surface area (Å²) in [6.45, 7) is 7.78. The Bertz CT molecular complexity index is 363. The molecule has 1 rings (SSSR count). The summed E-state index contributed by atoms with van der Waals surface area (Å²) in [6, 6.07) is 3.67. The van der Waals surface area contributed by atoms with Crippen molar-refractivity contribution in [1.82, 2.24) is 0 Å². The smallest absolute Gasteiger partial charge is 0.178 e. The van der Waals surface area contributed by atoms with E-state index in [0.717, 1.165) is 6.42 Å². The highest BCUT2D eigenvalue weighted by Crippen LogP contribution is 2.04. The van der Waals surface area contributed by atoms with Crippen LogP contribution in [0.15, 0.2) is 16.5 Å². The third kappa shape index (κ3) is 4.43. The van der Waals surface area contributed by atoms with Crippen LogP contribution in [0.25, 0.3) is 0 Å². The summed E-state index contributed by atoms with van der Waals surface area (Å²) in [5.74, 6) is 12.8. The molecule has 0 aliphatic heterocycles. The average molecular weight is 188 g/mol. The van der Waals surface area contributed by atoms with Gasteiger partial charge in [-0.15, -0.1) is 0 Å². The van der Waals surface area contributed by atoms with Gasteiger partial charge in [0, 0.05) is 6.42 Å². The van der Waals surface area contributed by atoms with Gasteiger partial charge < -0.3 is 4.42 Å². The number of furan rings is 1. The van der Waals surface area contributed by atoms with Gasteiger partial charge in [0.2, 0.25) is 0 Å². The Morgan fingerprint density at radius 2 is 1.71 bits per heavy atom. The van der Waals surface area contributed by atoms with Gasteiger partial charge >= 0.3 is 0 Å². The van der Waals surface area contributed by atoms with Crippen molar-refractivity contribution in [3.63, 3.8) is 0 Å². The standard InChI is InChI=1S/C11H10O.C2H6/c1-3-5-7-11-9-8-10(12-11)6-4-2;1-2/h8-9H,3H2,1-2H3;1-2H3. The highest BCUT2D eigenvalue weighted by Gasteiger charge is 1.93. The molecule has 1 aromatic heterocycles. The highest BCUT2D eigenvalue weighted by atomic mass is 16.3. The SMILES string of the molecule is CC.CC#Cc1ccc(C#CCC)o1. The maximum atomic E-state index is 5.28. The molecule has 0 saturated carbocycles. The molecule has 14 heavy (non-hydrogen) atoms. The van der Waals surface area contributed by atoms with Gasteiger partial charge in [0.1, 0.15) is 0 Å². The second kappa shape index (κ2) is 8.02. The minimum atomic E-state index is 0.679. The summed E-state index contributed by atoms with van der Waals surface area (Å²) < 4.78 is 5.28. The minimum Gasteiger partial charge on any atom is -0.439 e. The van der Waals surface area contributed by atoms with Crippen molar-refractivity contribution in [2.75, 3.05) is 0 Å². The van der Waals surface area contributed by atoms with Crippen LogP contribution in [0.5, 0.6) is 0 Å². The zero-order chi connectivity index (χ0) is 10.8. The van der Waals surface area contributed by atoms with Gasteiger partial charge in [-0.05, 0) is 30.9 Å². The first-order valence-corrected chi connectivity index (χ1v) is 4.88. The van der Waals surface area contributed by atoms with Crippen LogP contribution in [0.3, 0.4) is 0 Å². The van der Waals surface area contributed by atoms with Crippen LogP contribution in [-0.4, -0.2) is 0 Å². The second-order valence-corrected chi connectivity index (χ2v) is 2.19. The Labute approximate surface area is 86.5 Å². The average Bonchev–Trinajstić information content (AvgIpc) is 2.66. The summed E-state index contributed by atoms with van der Waals surface area (Å²) in [5.41, 5.74) is 0. The Morgan fingerprint density at radius 1 is 1.14 bits per heavy atom. The predicted molar refractivity (Wildman–Crippen MR) is 59.8 cm³/mol. The van der Waals surface area contributed by atoms with Crippen molar-refractivity contribution in [3.8, 4) is 23.7 Å². The number of hydrogen-bond donors (Lipinski definition) is 0. The lowest BCUT2D eigenvalue weighted by atomic mass is 10.4. The summed E-state index contributed by atoms with van der Waals surface area (Å²) in [5, 5.41) is 0. The Morgan fingerprint density at radius 3 is 2.21 bits per heavy atom. The van der Waals surface area contributed by atoms with E-state index in [1.165, 1.54) is 0 Å². The Kier molecular flexibility index (Phi) is 7.10. The van der Waals surface area contributed by atoms with Crippen LogP contribution in [-0.2, 0) is 0 Å². The molecule has 0 saturated heterocycles. The zero-order valence-corrected chi connectivity index (χ0v) is 9.27. The van der Waals surface area contributed by atoms with E-state index in [1.807, 2.05) is 32.9 Å². The maximum Gasteiger partial charge on any atom is 0.178 e. The fraction of sp³-hybridized carbons (Fsp3) is 0.385. The second-order valence-electron chi connectivity index (χ2n) is 2.19. The van der Waals surface area contributed by atoms with Gasteiger partial charge in [-0.2, -0.15) is 0 Å². The van der Waals surface area contributed by atoms with E-state index in [1.54, 1.807) is 6.92 Å². The van der Waals surface area contributed by atoms with E-state index in [4.69, 9.17) is 4.42 Å². The van der Waals surface area contributed by atoms with Crippen LogP contribution in [0.2, 0.25) is 0 Å². The molecular formula is C13H16O. The quantitative estimate of drug-likeness (QED) is 0.568. The molecule has 0 N–H and O–H groups in total. The van der Waals surface area contributed by atoms with Crippen molar-refractivity contribution < 1.29 is 4.42 Å². The summed E-state index contributed by atoms with van der Waals surface area (Å²) >= 11 is 0. The first kappa shape index (κ1) is 12.4. The molecule has 0 aliphatic rings. The van der Waals surface area contributed by atoms with Gasteiger partial charge in [0.05, 0.1) is 0 Å². The van der Waals surface area contributed by atoms with Crippen molar-refractivity contribution in [2.45, 2.75) is 34.1 Å². The molecule has 1 heteroatoms. The van der Waals surface area contributed by atoms with Crippen molar-refractivity contribution in [1.29, 1.82) is 0 Å². The van der Waals surface area contributed by atoms with Gasteiger partial charge in [-0.1, -0.05) is 32.6 Å². The Hall–Kier alpha value is -1.60. The van der Waals surface area contributed by atoms with Crippen molar-refractivity contribution in [2.24, 2.45) is 0 Å². The molecule has 74 valence electrons. The molecule has 0 aliphatic carbocycles. The van der Waals surface area contributed by atoms with Crippen LogP contribution >= 0.6 is 0 Å². The van der Waals surface area contributed by atoms with Crippen molar-refractivity contribution in [3.05, 3.63) is 23.7 Å². The molecule has 1 heterocycles. The van der Waals surface area contributed by atoms with Gasteiger partial charge in [-0.25, -0.2) is 0 Å². The zero-order valence-electron chi connectivity index (χ0n) is 9.27. The molecule has 0 amide bonds. The van der Waals surface area contributed by atoms with E-state index in [9.17, 15) is 0 Å². The molecule has 0 bridgehead atoms. The fourth-order valence-electron chi connectivity index (χ4n) is 0.771. The molecule has 0 unspecified atom stereocenters. The third-order valence-corrected chi connectivity index (χ3v) is 1.24. The third-order valence-electron chi connectivity index (χ3n) is 1.24. The van der Waals surface area contributed by atoms with Crippen molar-refractivity contribution >= 4 is 0 Å². The molecule has 1 nitrogen and oxygen atoms in total. The topological polar surface area (TPSA) is 13.1 Å². The van der Waals surface area contributed by atoms with E-state index < -0.39 is 0 Å². The Balaban J connectivity index is 0.000000791. The monoisotopic (exact) mass is 188 g/mol. The van der Waals surface area contributed by atoms with Gasteiger partial charge in [0.25, 0.3) is 0 Å². The molecule has 0 atom stereocenters. The first-order valence-electron chi connectivity index (χ1n) is 4.88. The summed E-state index contributed by atoms with van der Waals surface area (Å²) in [7, 11) is 0. The molecular weight excluding hydrogens is 172 g/mol. The largest absolute Gasteiger partial charge is 0.439 e. The molecule has 0 fully saturated rings. The molecule has 0 radical (unpaired) electrons. The van der Waals surface area contributed by atoms with Gasteiger partial charge in [0.15, 0.2) is 11.5 Å². The summed E-state index contributed by atoms with van der Waals surface area (Å²) in [6.07, 6.45) is 0.843. The van der Waals surface area contributed by atoms with E-state index in [0.29, 0.717) is 11.5 Å². The van der Waals surface area contributed by atoms with E-state index in [2.05, 4.69) is 23.7 Å². The van der Waals surface area contributed by atoms with Crippen LogP contribution in [0.4, 0.5) is 0 Å². The number of hydrogen-bond acceptors (Lipinski definition) is 1. The first-order chi connectivity index (χ1) is 6.86. The van der Waals surface area contributed by atoms with Crippen LogP contribution < -0.4 is 0 Å². The summed E-state index contributed by atoms with van der Waals surface area (Å²) in [4.78, 5) is 0. The number of rotatable bonds is 0. The van der Waals surface area contributed by atoms with E-state index in [-0.39, 0.29) is 0 Å². The molecule has 0 aromatic carbocycles. The molecule has 1 aromatic rings. The normalized spacial score (nSPS) is 7.14. The van der Waals surface area contributed by atoms with Crippen LogP contribution in [0, 0.1) is 23.7 Å². The lowest BCUT2D eigenvalue weighted by Gasteiger charge is -1.78. The highest BCUT2D eigenvalue weighted by molar-refractivity contribution is 5.32. The fourth-order valence-corrected chi connectivity index (χ4v) is 0.771. The van der Waals surface area contributed by atoms with Crippen LogP contribution in [0.1, 0.15) is 45.6 Å². The lowest BCUT2D eigenvalue weighted by Crippen LogP contribution is -1.64.